The first kappa shape index (κ1) is 12.6. The lowest BCUT2D eigenvalue weighted by molar-refractivity contribution is 0.233. The number of nitrogens with two attached hydrogens (primary N) is 1. The Bertz CT molecular complexity index is 384. The summed E-state index contributed by atoms with van der Waals surface area (Å²) in [6.45, 7) is 3.34. The molecule has 1 aliphatic rings. The van der Waals surface area contributed by atoms with E-state index >= 15 is 0 Å². The molecule has 3 N–H and O–H groups in total. The standard InChI is InChI=1S/C14H21ClN2/c1-14(7-3-2-4-8-14)10-17-13-9-11(15)5-6-12(13)16/h5-6,9,17H,2-4,7-8,10,16H2,1H3. The first-order valence-corrected chi connectivity index (χ1v) is 6.76. The van der Waals surface area contributed by atoms with Gasteiger partial charge >= 0.3 is 0 Å². The molecule has 2 nitrogen and oxygen atoms in total. The van der Waals surface area contributed by atoms with Crippen LogP contribution in [0.15, 0.2) is 18.2 Å². The molecule has 0 heterocycles. The predicted molar refractivity (Wildman–Crippen MR) is 75.5 cm³/mol. The molecule has 1 saturated carbocycles. The minimum absolute atomic E-state index is 0.410. The SMILES string of the molecule is CC1(CNc2cc(Cl)ccc2N)CCCCC1. The van der Waals surface area contributed by atoms with Crippen LogP contribution in [0.2, 0.25) is 5.02 Å². The monoisotopic (exact) mass is 252 g/mol. The fourth-order valence-corrected chi connectivity index (χ4v) is 2.74. The van der Waals surface area contributed by atoms with Crippen molar-refractivity contribution in [3.05, 3.63) is 23.2 Å². The Hall–Kier alpha value is -0.890. The molecule has 1 aliphatic carbocycles. The van der Waals surface area contributed by atoms with E-state index in [9.17, 15) is 0 Å². The van der Waals surface area contributed by atoms with E-state index in [1.807, 2.05) is 18.2 Å². The van der Waals surface area contributed by atoms with Gasteiger partial charge in [0.1, 0.15) is 0 Å². The highest BCUT2D eigenvalue weighted by Gasteiger charge is 2.26. The molecule has 0 spiro atoms. The van der Waals surface area contributed by atoms with E-state index in [1.165, 1.54) is 32.1 Å². The first-order chi connectivity index (χ1) is 8.09. The second-order valence-corrected chi connectivity index (χ2v) is 5.89. The molecule has 0 amide bonds. The largest absolute Gasteiger partial charge is 0.397 e. The Morgan fingerprint density at radius 1 is 1.29 bits per heavy atom. The molecule has 0 aliphatic heterocycles. The molecule has 0 atom stereocenters. The van der Waals surface area contributed by atoms with Gasteiger partial charge in [0.25, 0.3) is 0 Å². The zero-order valence-electron chi connectivity index (χ0n) is 10.4. The Labute approximate surface area is 109 Å². The second kappa shape index (κ2) is 5.18. The fraction of sp³-hybridized carbons (Fsp3) is 0.571. The molecule has 0 aromatic heterocycles. The fourth-order valence-electron chi connectivity index (χ4n) is 2.57. The van der Waals surface area contributed by atoms with Crippen molar-refractivity contribution in [1.29, 1.82) is 0 Å². The van der Waals surface area contributed by atoms with Gasteiger partial charge < -0.3 is 11.1 Å². The third-order valence-electron chi connectivity index (χ3n) is 3.78. The summed E-state index contributed by atoms with van der Waals surface area (Å²) in [5.74, 6) is 0. The van der Waals surface area contributed by atoms with Crippen LogP contribution in [0.25, 0.3) is 0 Å². The third-order valence-corrected chi connectivity index (χ3v) is 4.02. The van der Waals surface area contributed by atoms with Crippen LogP contribution in [0.4, 0.5) is 11.4 Å². The first-order valence-electron chi connectivity index (χ1n) is 6.38. The van der Waals surface area contributed by atoms with Crippen LogP contribution < -0.4 is 11.1 Å². The van der Waals surface area contributed by atoms with Crippen molar-refractivity contribution in [2.75, 3.05) is 17.6 Å². The normalized spacial score (nSPS) is 18.9. The molecular formula is C14H21ClN2. The van der Waals surface area contributed by atoms with Gasteiger partial charge in [-0.2, -0.15) is 0 Å². The highest BCUT2D eigenvalue weighted by molar-refractivity contribution is 6.31. The molecule has 0 radical (unpaired) electrons. The molecule has 3 heteroatoms. The summed E-state index contributed by atoms with van der Waals surface area (Å²) in [5, 5.41) is 4.19. The Morgan fingerprint density at radius 3 is 2.71 bits per heavy atom. The molecular weight excluding hydrogens is 232 g/mol. The van der Waals surface area contributed by atoms with Crippen molar-refractivity contribution in [2.45, 2.75) is 39.0 Å². The number of benzene rings is 1. The van der Waals surface area contributed by atoms with Gasteiger partial charge in [0.15, 0.2) is 0 Å². The van der Waals surface area contributed by atoms with Gasteiger partial charge in [-0.3, -0.25) is 0 Å². The lowest BCUT2D eigenvalue weighted by atomic mass is 9.76. The van der Waals surface area contributed by atoms with Crippen molar-refractivity contribution in [3.8, 4) is 0 Å². The van der Waals surface area contributed by atoms with E-state index in [2.05, 4.69) is 12.2 Å². The minimum Gasteiger partial charge on any atom is -0.397 e. The minimum atomic E-state index is 0.410. The maximum atomic E-state index is 5.98. The molecule has 0 unspecified atom stereocenters. The molecule has 1 aromatic carbocycles. The molecule has 2 rings (SSSR count). The quantitative estimate of drug-likeness (QED) is 0.787. The predicted octanol–water partition coefficient (Wildman–Crippen LogP) is 4.30. The summed E-state index contributed by atoms with van der Waals surface area (Å²) < 4.78 is 0. The molecule has 0 bridgehead atoms. The number of hydrogen-bond acceptors (Lipinski definition) is 2. The summed E-state index contributed by atoms with van der Waals surface area (Å²) in [5.41, 5.74) is 8.07. The highest BCUT2D eigenvalue weighted by Crippen LogP contribution is 2.36. The van der Waals surface area contributed by atoms with E-state index < -0.39 is 0 Å². The molecule has 17 heavy (non-hydrogen) atoms. The Kier molecular flexibility index (Phi) is 3.82. The third kappa shape index (κ3) is 3.29. The summed E-state index contributed by atoms with van der Waals surface area (Å²) in [7, 11) is 0. The number of halogens is 1. The van der Waals surface area contributed by atoms with Crippen molar-refractivity contribution in [2.24, 2.45) is 5.41 Å². The second-order valence-electron chi connectivity index (χ2n) is 5.46. The van der Waals surface area contributed by atoms with Gasteiger partial charge in [0.05, 0.1) is 11.4 Å². The van der Waals surface area contributed by atoms with Gasteiger partial charge in [-0.1, -0.05) is 37.8 Å². The van der Waals surface area contributed by atoms with Crippen LogP contribution >= 0.6 is 11.6 Å². The van der Waals surface area contributed by atoms with Crippen molar-refractivity contribution in [3.63, 3.8) is 0 Å². The maximum absolute atomic E-state index is 5.98. The summed E-state index contributed by atoms with van der Waals surface area (Å²) in [6, 6.07) is 5.58. The van der Waals surface area contributed by atoms with Crippen LogP contribution in [0.1, 0.15) is 39.0 Å². The molecule has 0 saturated heterocycles. The van der Waals surface area contributed by atoms with E-state index in [4.69, 9.17) is 17.3 Å². The van der Waals surface area contributed by atoms with Gasteiger partial charge in [-0.25, -0.2) is 0 Å². The summed E-state index contributed by atoms with van der Waals surface area (Å²) in [4.78, 5) is 0. The molecule has 94 valence electrons. The van der Waals surface area contributed by atoms with E-state index in [0.717, 1.165) is 22.9 Å². The van der Waals surface area contributed by atoms with Crippen molar-refractivity contribution < 1.29 is 0 Å². The van der Waals surface area contributed by atoms with Gasteiger partial charge in [-0.15, -0.1) is 0 Å². The van der Waals surface area contributed by atoms with E-state index in [0.29, 0.717) is 5.41 Å². The average molecular weight is 253 g/mol. The zero-order valence-corrected chi connectivity index (χ0v) is 11.2. The summed E-state index contributed by atoms with van der Waals surface area (Å²) >= 11 is 5.98. The van der Waals surface area contributed by atoms with E-state index in [-0.39, 0.29) is 0 Å². The summed E-state index contributed by atoms with van der Waals surface area (Å²) in [6.07, 6.45) is 6.70. The number of nitrogen functional groups attached to an aromatic ring is 1. The number of hydrogen-bond donors (Lipinski definition) is 2. The van der Waals surface area contributed by atoms with Crippen LogP contribution in [-0.4, -0.2) is 6.54 Å². The topological polar surface area (TPSA) is 38.0 Å². The van der Waals surface area contributed by atoms with Crippen LogP contribution in [0.3, 0.4) is 0 Å². The number of rotatable bonds is 3. The number of anilines is 2. The van der Waals surface area contributed by atoms with Gasteiger partial charge in [0, 0.05) is 11.6 Å². The number of nitrogens with one attached hydrogen (secondary N) is 1. The van der Waals surface area contributed by atoms with Crippen LogP contribution in [0, 0.1) is 5.41 Å². The Balaban J connectivity index is 1.99. The smallest absolute Gasteiger partial charge is 0.0589 e. The lowest BCUT2D eigenvalue weighted by Crippen LogP contribution is -2.29. The zero-order chi connectivity index (χ0) is 12.3. The van der Waals surface area contributed by atoms with Crippen LogP contribution in [0.5, 0.6) is 0 Å². The molecule has 1 aromatic rings. The molecule has 1 fully saturated rings. The Morgan fingerprint density at radius 2 is 2.00 bits per heavy atom. The highest BCUT2D eigenvalue weighted by atomic mass is 35.5. The maximum Gasteiger partial charge on any atom is 0.0589 e. The van der Waals surface area contributed by atoms with Crippen molar-refractivity contribution >= 4 is 23.0 Å². The van der Waals surface area contributed by atoms with Crippen molar-refractivity contribution in [1.82, 2.24) is 0 Å². The lowest BCUT2D eigenvalue weighted by Gasteiger charge is -2.34. The van der Waals surface area contributed by atoms with Gasteiger partial charge in [0.2, 0.25) is 0 Å². The van der Waals surface area contributed by atoms with Gasteiger partial charge in [-0.05, 0) is 36.5 Å². The average Bonchev–Trinajstić information content (AvgIpc) is 2.31. The van der Waals surface area contributed by atoms with E-state index in [1.54, 1.807) is 0 Å². The van der Waals surface area contributed by atoms with Crippen LogP contribution in [-0.2, 0) is 0 Å².